The number of aliphatic hydroxyl groups is 1. The molecule has 0 heterocycles. The van der Waals surface area contributed by atoms with Crippen LogP contribution in [0.25, 0.3) is 0 Å². The van der Waals surface area contributed by atoms with E-state index in [9.17, 15) is 8.42 Å². The summed E-state index contributed by atoms with van der Waals surface area (Å²) in [7, 11) is -2.96. The summed E-state index contributed by atoms with van der Waals surface area (Å²) in [5, 5.41) is 8.86. The summed E-state index contributed by atoms with van der Waals surface area (Å²) in [5.41, 5.74) is -0.506. The Morgan fingerprint density at radius 3 is 2.17 bits per heavy atom. The van der Waals surface area contributed by atoms with Crippen molar-refractivity contribution in [1.82, 2.24) is 0 Å². The molecule has 0 aliphatic carbocycles. The van der Waals surface area contributed by atoms with Crippen LogP contribution in [0.5, 0.6) is 0 Å². The molecule has 0 unspecified atom stereocenters. The van der Waals surface area contributed by atoms with Crippen LogP contribution in [-0.4, -0.2) is 31.6 Å². The van der Waals surface area contributed by atoms with Gasteiger partial charge in [0.2, 0.25) is 0 Å². The first-order chi connectivity index (χ1) is 5.33. The third-order valence-corrected chi connectivity index (χ3v) is 3.81. The predicted molar refractivity (Wildman–Crippen MR) is 49.8 cm³/mol. The van der Waals surface area contributed by atoms with Gasteiger partial charge >= 0.3 is 0 Å². The summed E-state index contributed by atoms with van der Waals surface area (Å²) < 4.78 is 22.6. The van der Waals surface area contributed by atoms with Gasteiger partial charge in [-0.25, -0.2) is 8.42 Å². The minimum Gasteiger partial charge on any atom is -0.396 e. The zero-order valence-corrected chi connectivity index (χ0v) is 8.82. The minimum absolute atomic E-state index is 0.0737. The van der Waals surface area contributed by atoms with E-state index in [1.807, 2.05) is 6.92 Å². The Labute approximate surface area is 74.7 Å². The molecular weight excluding hydrogens is 176 g/mol. The summed E-state index contributed by atoms with van der Waals surface area (Å²) in [6, 6.07) is 0. The van der Waals surface area contributed by atoms with E-state index in [1.54, 1.807) is 13.8 Å². The molecule has 0 aliphatic rings. The van der Waals surface area contributed by atoms with Gasteiger partial charge in [0.1, 0.15) is 0 Å². The average Bonchev–Trinajstić information content (AvgIpc) is 1.85. The lowest BCUT2D eigenvalue weighted by atomic mass is 9.98. The lowest BCUT2D eigenvalue weighted by Crippen LogP contribution is -2.28. The van der Waals surface area contributed by atoms with E-state index in [2.05, 4.69) is 0 Å². The molecule has 0 saturated carbocycles. The fourth-order valence-corrected chi connectivity index (χ4v) is 3.07. The van der Waals surface area contributed by atoms with Crippen molar-refractivity contribution in [3.8, 4) is 0 Å². The molecule has 0 aromatic rings. The van der Waals surface area contributed by atoms with E-state index < -0.39 is 15.3 Å². The molecule has 0 aromatic heterocycles. The first-order valence-electron chi connectivity index (χ1n) is 4.14. The van der Waals surface area contributed by atoms with Crippen molar-refractivity contribution in [3.63, 3.8) is 0 Å². The van der Waals surface area contributed by atoms with Gasteiger partial charge in [0, 0.05) is 17.8 Å². The van der Waals surface area contributed by atoms with Gasteiger partial charge in [0.05, 0.1) is 5.75 Å². The highest BCUT2D eigenvalue weighted by Crippen LogP contribution is 2.17. The zero-order chi connectivity index (χ0) is 9.83. The van der Waals surface area contributed by atoms with E-state index in [4.69, 9.17) is 5.11 Å². The molecule has 0 radical (unpaired) electrons. The second-order valence-electron chi connectivity index (χ2n) is 3.91. The summed E-state index contributed by atoms with van der Waals surface area (Å²) in [5.74, 6) is 0.292. The molecule has 1 N–H and O–H groups in total. The Morgan fingerprint density at radius 2 is 1.83 bits per heavy atom. The Bertz CT molecular complexity index is 216. The SMILES string of the molecule is CCCS(=O)(=O)CC(C)(C)CO. The molecular formula is C8H18O3S. The van der Waals surface area contributed by atoms with Gasteiger partial charge in [0.15, 0.2) is 9.84 Å². The highest BCUT2D eigenvalue weighted by Gasteiger charge is 2.24. The maximum absolute atomic E-state index is 11.3. The second kappa shape index (κ2) is 4.23. The quantitative estimate of drug-likeness (QED) is 0.705. The van der Waals surface area contributed by atoms with E-state index >= 15 is 0 Å². The Hall–Kier alpha value is -0.0900. The highest BCUT2D eigenvalue weighted by atomic mass is 32.2. The van der Waals surface area contributed by atoms with Crippen molar-refractivity contribution in [2.75, 3.05) is 18.1 Å². The van der Waals surface area contributed by atoms with Gasteiger partial charge in [-0.2, -0.15) is 0 Å². The van der Waals surface area contributed by atoms with Crippen LogP contribution in [0, 0.1) is 5.41 Å². The van der Waals surface area contributed by atoms with Crippen molar-refractivity contribution < 1.29 is 13.5 Å². The van der Waals surface area contributed by atoms with Gasteiger partial charge in [-0.1, -0.05) is 20.8 Å². The Balaban J connectivity index is 4.25. The van der Waals surface area contributed by atoms with E-state index in [0.717, 1.165) is 0 Å². The monoisotopic (exact) mass is 194 g/mol. The van der Waals surface area contributed by atoms with Crippen LogP contribution < -0.4 is 0 Å². The number of hydrogen-bond acceptors (Lipinski definition) is 3. The largest absolute Gasteiger partial charge is 0.396 e. The molecule has 0 bridgehead atoms. The Morgan fingerprint density at radius 1 is 1.33 bits per heavy atom. The maximum atomic E-state index is 11.3. The molecule has 0 rings (SSSR count). The maximum Gasteiger partial charge on any atom is 0.150 e. The third kappa shape index (κ3) is 4.72. The van der Waals surface area contributed by atoms with Crippen molar-refractivity contribution >= 4 is 9.84 Å². The number of aliphatic hydroxyl groups excluding tert-OH is 1. The standard InChI is InChI=1S/C8H18O3S/c1-4-5-12(10,11)7-8(2,3)6-9/h9H,4-7H2,1-3H3. The summed E-state index contributed by atoms with van der Waals surface area (Å²) in [6.07, 6.45) is 0.643. The molecule has 0 spiro atoms. The van der Waals surface area contributed by atoms with Crippen LogP contribution in [0.2, 0.25) is 0 Å². The van der Waals surface area contributed by atoms with Crippen LogP contribution >= 0.6 is 0 Å². The molecule has 74 valence electrons. The van der Waals surface area contributed by atoms with Crippen LogP contribution in [0.1, 0.15) is 27.2 Å². The first kappa shape index (κ1) is 11.9. The topological polar surface area (TPSA) is 54.4 Å². The van der Waals surface area contributed by atoms with Crippen molar-refractivity contribution in [1.29, 1.82) is 0 Å². The second-order valence-corrected chi connectivity index (χ2v) is 6.10. The zero-order valence-electron chi connectivity index (χ0n) is 8.00. The van der Waals surface area contributed by atoms with Gasteiger partial charge in [0.25, 0.3) is 0 Å². The van der Waals surface area contributed by atoms with Gasteiger partial charge < -0.3 is 5.11 Å². The van der Waals surface area contributed by atoms with Gasteiger partial charge in [-0.3, -0.25) is 0 Å². The number of hydrogen-bond donors (Lipinski definition) is 1. The third-order valence-electron chi connectivity index (χ3n) is 1.55. The summed E-state index contributed by atoms with van der Waals surface area (Å²) in [4.78, 5) is 0. The number of sulfone groups is 1. The summed E-state index contributed by atoms with van der Waals surface area (Å²) >= 11 is 0. The molecule has 0 aliphatic heterocycles. The normalized spacial score (nSPS) is 13.3. The van der Waals surface area contributed by atoms with Crippen LogP contribution in [0.4, 0.5) is 0 Å². The van der Waals surface area contributed by atoms with E-state index in [1.165, 1.54) is 0 Å². The molecule has 0 amide bonds. The van der Waals surface area contributed by atoms with Crippen LogP contribution in [0.3, 0.4) is 0 Å². The van der Waals surface area contributed by atoms with Gasteiger partial charge in [-0.15, -0.1) is 0 Å². The van der Waals surface area contributed by atoms with Crippen molar-refractivity contribution in [2.45, 2.75) is 27.2 Å². The average molecular weight is 194 g/mol. The molecule has 12 heavy (non-hydrogen) atoms. The highest BCUT2D eigenvalue weighted by molar-refractivity contribution is 7.91. The van der Waals surface area contributed by atoms with Crippen LogP contribution in [-0.2, 0) is 9.84 Å². The molecule has 0 aromatic carbocycles. The summed E-state index contributed by atoms with van der Waals surface area (Å²) in [6.45, 7) is 5.25. The molecule has 4 heteroatoms. The molecule has 3 nitrogen and oxygen atoms in total. The molecule has 0 saturated heterocycles. The molecule has 0 fully saturated rings. The van der Waals surface area contributed by atoms with E-state index in [0.29, 0.717) is 6.42 Å². The fourth-order valence-electron chi connectivity index (χ4n) is 1.02. The smallest absolute Gasteiger partial charge is 0.150 e. The van der Waals surface area contributed by atoms with Crippen molar-refractivity contribution in [2.24, 2.45) is 5.41 Å². The fraction of sp³-hybridized carbons (Fsp3) is 1.00. The van der Waals surface area contributed by atoms with Crippen LogP contribution in [0.15, 0.2) is 0 Å². The molecule has 0 atom stereocenters. The van der Waals surface area contributed by atoms with E-state index in [-0.39, 0.29) is 18.1 Å². The lowest BCUT2D eigenvalue weighted by Gasteiger charge is -2.20. The predicted octanol–water partition coefficient (Wildman–Crippen LogP) is 0.830. The van der Waals surface area contributed by atoms with Gasteiger partial charge in [-0.05, 0) is 6.42 Å². The Kier molecular flexibility index (Phi) is 4.20. The first-order valence-corrected chi connectivity index (χ1v) is 5.96. The minimum atomic E-state index is -2.96. The lowest BCUT2D eigenvalue weighted by molar-refractivity contribution is 0.179. The van der Waals surface area contributed by atoms with Crippen molar-refractivity contribution in [3.05, 3.63) is 0 Å². The number of rotatable bonds is 5.